The van der Waals surface area contributed by atoms with Crippen LogP contribution in [-0.2, 0) is 34.1 Å². The molecule has 2 N–H and O–H groups in total. The van der Waals surface area contributed by atoms with Crippen molar-refractivity contribution in [1.29, 1.82) is 0 Å². The Morgan fingerprint density at radius 2 is 1.72 bits per heavy atom. The lowest BCUT2D eigenvalue weighted by Crippen LogP contribution is -2.28. The third-order valence-corrected chi connectivity index (χ3v) is 6.18. The molecular weight excluding hydrogens is 498 g/mol. The number of amides is 1. The number of carbonyl (C=O) groups excluding carboxylic acids is 1. The Hall–Kier alpha value is -3.31. The van der Waals surface area contributed by atoms with E-state index in [4.69, 9.17) is 0 Å². The van der Waals surface area contributed by atoms with Gasteiger partial charge in [-0.1, -0.05) is 42.0 Å². The molecule has 36 heavy (non-hydrogen) atoms. The predicted molar refractivity (Wildman–Crippen MR) is 128 cm³/mol. The number of pyridine rings is 1. The third kappa shape index (κ3) is 7.11. The summed E-state index contributed by atoms with van der Waals surface area (Å²) in [6.45, 7) is 3.05. The van der Waals surface area contributed by atoms with Crippen LogP contribution in [0.25, 0.3) is 11.3 Å². The molecule has 1 aromatic heterocycles. The van der Waals surface area contributed by atoms with Crippen LogP contribution in [0, 0.1) is 12.7 Å². The smallest absolute Gasteiger partial charge is 0.351 e. The van der Waals surface area contributed by atoms with Crippen LogP contribution in [-0.4, -0.2) is 25.6 Å². The lowest BCUT2D eigenvalue weighted by molar-refractivity contribution is -0.141. The van der Waals surface area contributed by atoms with Crippen LogP contribution in [0.15, 0.2) is 54.6 Å². The number of alkyl halides is 3. The number of sulfonamides is 1. The molecule has 0 saturated heterocycles. The minimum atomic E-state index is -4.62. The zero-order chi connectivity index (χ0) is 26.7. The standard InChI is InChI=1S/C25H25F4N3O3S/c1-15-5-4-6-18(11-15)23-20(9-10-22(32-23)25(27,28)29)13-30-24(33)16(2)17-7-8-19(21(26)12-17)14-31-36(3,34)35/h4-12,16,31H,13-14H2,1-3H3,(H,30,33)/t16-/m1/s1. The fraction of sp³-hybridized carbons (Fsp3) is 0.280. The fourth-order valence-electron chi connectivity index (χ4n) is 3.50. The zero-order valence-corrected chi connectivity index (χ0v) is 20.6. The summed E-state index contributed by atoms with van der Waals surface area (Å²) in [6.07, 6.45) is -3.66. The van der Waals surface area contributed by atoms with Gasteiger partial charge in [-0.05, 0) is 43.2 Å². The van der Waals surface area contributed by atoms with Crippen LogP contribution in [0.3, 0.4) is 0 Å². The Balaban J connectivity index is 1.78. The van der Waals surface area contributed by atoms with Gasteiger partial charge in [0.2, 0.25) is 15.9 Å². The van der Waals surface area contributed by atoms with Crippen molar-refractivity contribution >= 4 is 15.9 Å². The highest BCUT2D eigenvalue weighted by Crippen LogP contribution is 2.31. The van der Waals surface area contributed by atoms with E-state index in [1.807, 2.05) is 13.0 Å². The van der Waals surface area contributed by atoms with Crippen LogP contribution < -0.4 is 10.0 Å². The lowest BCUT2D eigenvalue weighted by atomic mass is 9.98. The summed E-state index contributed by atoms with van der Waals surface area (Å²) in [5.41, 5.74) is 1.26. The number of hydrogen-bond donors (Lipinski definition) is 2. The Morgan fingerprint density at radius 3 is 2.33 bits per heavy atom. The Labute approximate surface area is 206 Å². The molecule has 1 amide bonds. The van der Waals surface area contributed by atoms with Gasteiger partial charge in [0.05, 0.1) is 17.9 Å². The predicted octanol–water partition coefficient (Wildman–Crippen LogP) is 4.68. The highest BCUT2D eigenvalue weighted by molar-refractivity contribution is 7.88. The summed E-state index contributed by atoms with van der Waals surface area (Å²) < 4.78 is 78.9. The molecule has 0 aliphatic rings. The minimum absolute atomic E-state index is 0.0869. The first-order valence-electron chi connectivity index (χ1n) is 10.9. The number of nitrogens with zero attached hydrogens (tertiary/aromatic N) is 1. The number of nitrogens with one attached hydrogen (secondary N) is 2. The Bertz CT molecular complexity index is 1380. The van der Waals surface area contributed by atoms with Gasteiger partial charge in [-0.2, -0.15) is 13.2 Å². The monoisotopic (exact) mass is 523 g/mol. The van der Waals surface area contributed by atoms with E-state index in [9.17, 15) is 30.8 Å². The molecule has 1 atom stereocenters. The van der Waals surface area contributed by atoms with E-state index in [2.05, 4.69) is 15.0 Å². The first-order chi connectivity index (χ1) is 16.7. The second kappa shape index (κ2) is 10.8. The largest absolute Gasteiger partial charge is 0.433 e. The number of hydrogen-bond acceptors (Lipinski definition) is 4. The molecule has 0 fully saturated rings. The van der Waals surface area contributed by atoms with Crippen molar-refractivity contribution in [2.75, 3.05) is 6.26 Å². The van der Waals surface area contributed by atoms with E-state index in [1.165, 1.54) is 18.2 Å². The summed E-state index contributed by atoms with van der Waals surface area (Å²) in [4.78, 5) is 16.6. The summed E-state index contributed by atoms with van der Waals surface area (Å²) in [5, 5.41) is 2.69. The average Bonchev–Trinajstić information content (AvgIpc) is 2.80. The van der Waals surface area contributed by atoms with E-state index in [0.717, 1.165) is 24.0 Å². The van der Waals surface area contributed by atoms with E-state index in [1.54, 1.807) is 25.1 Å². The van der Waals surface area contributed by atoms with Crippen molar-refractivity contribution in [2.24, 2.45) is 0 Å². The number of carbonyl (C=O) groups is 1. The third-order valence-electron chi connectivity index (χ3n) is 5.51. The summed E-state index contributed by atoms with van der Waals surface area (Å²) in [7, 11) is -3.50. The molecule has 3 rings (SSSR count). The van der Waals surface area contributed by atoms with Gasteiger partial charge in [0.1, 0.15) is 11.5 Å². The average molecular weight is 524 g/mol. The second-order valence-corrected chi connectivity index (χ2v) is 10.3. The van der Waals surface area contributed by atoms with Crippen LogP contribution in [0.5, 0.6) is 0 Å². The number of halogens is 4. The number of benzene rings is 2. The molecule has 0 unspecified atom stereocenters. The minimum Gasteiger partial charge on any atom is -0.351 e. The van der Waals surface area contributed by atoms with Crippen molar-refractivity contribution in [2.45, 2.75) is 39.0 Å². The first-order valence-corrected chi connectivity index (χ1v) is 12.8. The SMILES string of the molecule is Cc1cccc(-c2nc(C(F)(F)F)ccc2CNC(=O)[C@H](C)c2ccc(CNS(C)(=O)=O)c(F)c2)c1. The highest BCUT2D eigenvalue weighted by atomic mass is 32.2. The quantitative estimate of drug-likeness (QED) is 0.420. The van der Waals surface area contributed by atoms with Gasteiger partial charge in [0, 0.05) is 24.2 Å². The number of aromatic nitrogens is 1. The molecule has 3 aromatic rings. The fourth-order valence-corrected chi connectivity index (χ4v) is 3.92. The first kappa shape index (κ1) is 27.3. The van der Waals surface area contributed by atoms with Gasteiger partial charge < -0.3 is 5.32 Å². The molecule has 2 aromatic carbocycles. The van der Waals surface area contributed by atoms with Gasteiger partial charge >= 0.3 is 6.18 Å². The van der Waals surface area contributed by atoms with Crippen molar-refractivity contribution in [1.82, 2.24) is 15.0 Å². The van der Waals surface area contributed by atoms with E-state index in [-0.39, 0.29) is 24.3 Å². The van der Waals surface area contributed by atoms with Gasteiger partial charge in [-0.3, -0.25) is 4.79 Å². The summed E-state index contributed by atoms with van der Waals surface area (Å²) in [5.74, 6) is -1.91. The maximum Gasteiger partial charge on any atom is 0.433 e. The van der Waals surface area contributed by atoms with Crippen molar-refractivity contribution in [3.05, 3.63) is 88.4 Å². The zero-order valence-electron chi connectivity index (χ0n) is 19.8. The van der Waals surface area contributed by atoms with E-state index < -0.39 is 39.5 Å². The maximum absolute atomic E-state index is 14.4. The van der Waals surface area contributed by atoms with Gasteiger partial charge in [-0.25, -0.2) is 22.5 Å². The van der Waals surface area contributed by atoms with Crippen molar-refractivity contribution in [3.63, 3.8) is 0 Å². The Kier molecular flexibility index (Phi) is 8.15. The topological polar surface area (TPSA) is 88.2 Å². The van der Waals surface area contributed by atoms with Crippen LogP contribution in [0.4, 0.5) is 17.6 Å². The summed E-state index contributed by atoms with van der Waals surface area (Å²) in [6, 6.07) is 13.1. The van der Waals surface area contributed by atoms with Crippen molar-refractivity contribution in [3.8, 4) is 11.3 Å². The lowest BCUT2D eigenvalue weighted by Gasteiger charge is -2.16. The van der Waals surface area contributed by atoms with Crippen LogP contribution in [0.2, 0.25) is 0 Å². The van der Waals surface area contributed by atoms with E-state index >= 15 is 0 Å². The molecule has 0 aliphatic carbocycles. The summed E-state index contributed by atoms with van der Waals surface area (Å²) >= 11 is 0. The van der Waals surface area contributed by atoms with Crippen LogP contribution >= 0.6 is 0 Å². The normalized spacial score (nSPS) is 12.9. The van der Waals surface area contributed by atoms with Crippen LogP contribution in [0.1, 0.15) is 40.8 Å². The highest BCUT2D eigenvalue weighted by Gasteiger charge is 2.33. The number of aryl methyl sites for hydroxylation is 1. The Morgan fingerprint density at radius 1 is 1.03 bits per heavy atom. The van der Waals surface area contributed by atoms with Gasteiger partial charge in [0.15, 0.2) is 0 Å². The molecule has 0 saturated carbocycles. The molecule has 0 spiro atoms. The molecule has 11 heteroatoms. The molecule has 6 nitrogen and oxygen atoms in total. The molecule has 0 radical (unpaired) electrons. The molecular formula is C25H25F4N3O3S. The second-order valence-electron chi connectivity index (χ2n) is 8.46. The molecule has 192 valence electrons. The molecule has 0 bridgehead atoms. The van der Waals surface area contributed by atoms with E-state index in [0.29, 0.717) is 16.7 Å². The van der Waals surface area contributed by atoms with Crippen molar-refractivity contribution < 1.29 is 30.8 Å². The maximum atomic E-state index is 14.4. The number of rotatable bonds is 8. The molecule has 0 aliphatic heterocycles. The molecule has 1 heterocycles. The van der Waals surface area contributed by atoms with Gasteiger partial charge in [0.25, 0.3) is 0 Å². The van der Waals surface area contributed by atoms with Gasteiger partial charge in [-0.15, -0.1) is 0 Å².